The molecule has 0 radical (unpaired) electrons. The molecule has 1 unspecified atom stereocenters. The smallest absolute Gasteiger partial charge is 0.188 e. The summed E-state index contributed by atoms with van der Waals surface area (Å²) in [4.78, 5) is 9.65. The van der Waals surface area contributed by atoms with Gasteiger partial charge in [-0.15, -0.1) is 0 Å². The first-order valence-electron chi connectivity index (χ1n) is 9.05. The number of hydrogen-bond donors (Lipinski definition) is 2. The average molecular weight is 310 g/mol. The van der Waals surface area contributed by atoms with Crippen LogP contribution in [0.1, 0.15) is 46.0 Å². The molecule has 0 aromatic carbocycles. The van der Waals surface area contributed by atoms with Gasteiger partial charge in [0, 0.05) is 38.3 Å². The molecule has 2 rings (SSSR count). The van der Waals surface area contributed by atoms with E-state index in [-0.39, 0.29) is 0 Å². The van der Waals surface area contributed by atoms with Crippen LogP contribution in [0.25, 0.3) is 0 Å². The quantitative estimate of drug-likeness (QED) is 0.597. The Morgan fingerprint density at radius 1 is 1.14 bits per heavy atom. The van der Waals surface area contributed by atoms with Gasteiger partial charge in [0.05, 0.1) is 6.54 Å². The molecule has 22 heavy (non-hydrogen) atoms. The van der Waals surface area contributed by atoms with Gasteiger partial charge < -0.3 is 16.0 Å². The van der Waals surface area contributed by atoms with Gasteiger partial charge in [0.2, 0.25) is 0 Å². The molecule has 0 bridgehead atoms. The van der Waals surface area contributed by atoms with Crippen LogP contribution in [-0.2, 0) is 0 Å². The van der Waals surface area contributed by atoms with Gasteiger partial charge in [-0.05, 0) is 25.8 Å². The monoisotopic (exact) mass is 309 g/mol. The molecule has 1 saturated carbocycles. The predicted octanol–water partition coefficient (Wildman–Crippen LogP) is 1.50. The number of likely N-dealkylation sites (N-methyl/N-ethyl adjacent to an activating group) is 1. The molecular formula is C17H35N5. The van der Waals surface area contributed by atoms with Gasteiger partial charge in [-0.3, -0.25) is 9.89 Å². The minimum Gasteiger partial charge on any atom is -0.370 e. The van der Waals surface area contributed by atoms with Crippen molar-refractivity contribution < 1.29 is 0 Å². The van der Waals surface area contributed by atoms with E-state index in [1.165, 1.54) is 32.1 Å². The van der Waals surface area contributed by atoms with Crippen molar-refractivity contribution in [2.75, 3.05) is 39.8 Å². The van der Waals surface area contributed by atoms with Crippen LogP contribution < -0.4 is 11.1 Å². The lowest BCUT2D eigenvalue weighted by molar-refractivity contribution is 0.0925. The third-order valence-corrected chi connectivity index (χ3v) is 5.18. The topological polar surface area (TPSA) is 56.9 Å². The first-order chi connectivity index (χ1) is 10.6. The Morgan fingerprint density at radius 3 is 2.36 bits per heavy atom. The number of aliphatic imine (C=N–C) groups is 1. The molecule has 0 spiro atoms. The van der Waals surface area contributed by atoms with Crippen LogP contribution in [0.15, 0.2) is 4.99 Å². The number of piperazine rings is 1. The van der Waals surface area contributed by atoms with Gasteiger partial charge in [0.1, 0.15) is 0 Å². The van der Waals surface area contributed by atoms with E-state index in [4.69, 9.17) is 5.73 Å². The van der Waals surface area contributed by atoms with Crippen molar-refractivity contribution in [2.24, 2.45) is 16.6 Å². The van der Waals surface area contributed by atoms with Crippen molar-refractivity contribution in [3.63, 3.8) is 0 Å². The maximum absolute atomic E-state index is 6.12. The lowest BCUT2D eigenvalue weighted by Crippen LogP contribution is -2.52. The summed E-state index contributed by atoms with van der Waals surface area (Å²) in [5.74, 6) is 1.25. The van der Waals surface area contributed by atoms with Crippen LogP contribution in [0.2, 0.25) is 0 Å². The highest BCUT2D eigenvalue weighted by atomic mass is 15.3. The Morgan fingerprint density at radius 2 is 1.77 bits per heavy atom. The first kappa shape index (κ1) is 17.5. The summed E-state index contributed by atoms with van der Waals surface area (Å²) in [6.07, 6.45) is 6.49. The number of rotatable bonds is 5. The summed E-state index contributed by atoms with van der Waals surface area (Å²) < 4.78 is 0. The Kier molecular flexibility index (Phi) is 6.96. The second-order valence-corrected chi connectivity index (χ2v) is 7.36. The van der Waals surface area contributed by atoms with E-state index in [1.54, 1.807) is 0 Å². The van der Waals surface area contributed by atoms with Gasteiger partial charge >= 0.3 is 0 Å². The van der Waals surface area contributed by atoms with Gasteiger partial charge in [-0.25, -0.2) is 0 Å². The maximum Gasteiger partial charge on any atom is 0.188 e. The van der Waals surface area contributed by atoms with Crippen LogP contribution in [0.3, 0.4) is 0 Å². The summed E-state index contributed by atoms with van der Waals surface area (Å²) in [7, 11) is 2.20. The van der Waals surface area contributed by atoms with Crippen molar-refractivity contribution >= 4 is 5.96 Å². The molecule has 1 saturated heterocycles. The van der Waals surface area contributed by atoms with Crippen molar-refractivity contribution in [3.8, 4) is 0 Å². The second kappa shape index (κ2) is 8.73. The fourth-order valence-electron chi connectivity index (χ4n) is 3.60. The number of nitrogens with zero attached hydrogens (tertiary/aromatic N) is 3. The molecular weight excluding hydrogens is 274 g/mol. The van der Waals surface area contributed by atoms with Crippen LogP contribution in [0.5, 0.6) is 0 Å². The van der Waals surface area contributed by atoms with Gasteiger partial charge in [0.15, 0.2) is 5.96 Å². The molecule has 1 atom stereocenters. The van der Waals surface area contributed by atoms with Crippen molar-refractivity contribution in [2.45, 2.75) is 58.0 Å². The van der Waals surface area contributed by atoms with Crippen molar-refractivity contribution in [3.05, 3.63) is 0 Å². The van der Waals surface area contributed by atoms with E-state index in [0.717, 1.165) is 32.7 Å². The molecule has 2 fully saturated rings. The maximum atomic E-state index is 6.12. The van der Waals surface area contributed by atoms with E-state index < -0.39 is 0 Å². The lowest BCUT2D eigenvalue weighted by atomic mass is 9.96. The molecule has 0 amide bonds. The van der Waals surface area contributed by atoms with Crippen molar-refractivity contribution in [1.29, 1.82) is 0 Å². The Hall–Kier alpha value is -0.810. The number of nitrogens with one attached hydrogen (secondary N) is 1. The summed E-state index contributed by atoms with van der Waals surface area (Å²) in [6.45, 7) is 10.0. The Bertz CT molecular complexity index is 341. The van der Waals surface area contributed by atoms with Crippen LogP contribution in [-0.4, -0.2) is 67.6 Å². The number of hydrogen-bond acceptors (Lipinski definition) is 3. The zero-order valence-corrected chi connectivity index (χ0v) is 14.7. The number of nitrogens with two attached hydrogens (primary N) is 1. The minimum absolute atomic E-state index is 0.500. The van der Waals surface area contributed by atoms with E-state index in [1.807, 2.05) is 0 Å². The standard InChI is InChI=1S/C17H35N5/c1-14(2)16(22-11-9-21(3)10-12-22)13-19-17(18)20-15-7-5-4-6-8-15/h14-16H,4-13H2,1-3H3,(H3,18,19,20). The molecule has 0 aromatic rings. The highest BCUT2D eigenvalue weighted by Crippen LogP contribution is 2.17. The van der Waals surface area contributed by atoms with Gasteiger partial charge in [-0.1, -0.05) is 33.1 Å². The molecule has 5 nitrogen and oxygen atoms in total. The molecule has 1 aliphatic carbocycles. The summed E-state index contributed by atoms with van der Waals surface area (Å²) in [5, 5.41) is 3.42. The molecule has 128 valence electrons. The van der Waals surface area contributed by atoms with E-state index in [2.05, 4.69) is 41.0 Å². The molecule has 1 aliphatic heterocycles. The highest BCUT2D eigenvalue weighted by Gasteiger charge is 2.24. The van der Waals surface area contributed by atoms with Gasteiger partial charge in [0.25, 0.3) is 0 Å². The molecule has 0 aromatic heterocycles. The van der Waals surface area contributed by atoms with Crippen LogP contribution in [0.4, 0.5) is 0 Å². The molecule has 2 aliphatic rings. The molecule has 3 N–H and O–H groups in total. The zero-order chi connectivity index (χ0) is 15.9. The summed E-state index contributed by atoms with van der Waals surface area (Å²) >= 11 is 0. The normalized spacial score (nSPS) is 24.6. The molecule has 5 heteroatoms. The van der Waals surface area contributed by atoms with E-state index >= 15 is 0 Å². The minimum atomic E-state index is 0.500. The van der Waals surface area contributed by atoms with Gasteiger partial charge in [-0.2, -0.15) is 0 Å². The summed E-state index contributed by atoms with van der Waals surface area (Å²) in [6, 6.07) is 1.04. The fourth-order valence-corrected chi connectivity index (χ4v) is 3.60. The number of guanidine groups is 1. The summed E-state index contributed by atoms with van der Waals surface area (Å²) in [5.41, 5.74) is 6.12. The van der Waals surface area contributed by atoms with Crippen LogP contribution >= 0.6 is 0 Å². The Balaban J connectivity index is 1.83. The highest BCUT2D eigenvalue weighted by molar-refractivity contribution is 5.78. The second-order valence-electron chi connectivity index (χ2n) is 7.36. The van der Waals surface area contributed by atoms with E-state index in [9.17, 15) is 0 Å². The Labute approximate surface area is 136 Å². The first-order valence-corrected chi connectivity index (χ1v) is 9.05. The lowest BCUT2D eigenvalue weighted by Gasteiger charge is -2.39. The molecule has 1 heterocycles. The fraction of sp³-hybridized carbons (Fsp3) is 0.941. The van der Waals surface area contributed by atoms with Crippen LogP contribution in [0, 0.1) is 5.92 Å². The largest absolute Gasteiger partial charge is 0.370 e. The van der Waals surface area contributed by atoms with Crippen molar-refractivity contribution in [1.82, 2.24) is 15.1 Å². The SMILES string of the molecule is CC(C)C(CN=C(N)NC1CCCCC1)N1CCN(C)CC1. The third kappa shape index (κ3) is 5.43. The zero-order valence-electron chi connectivity index (χ0n) is 14.7. The van der Waals surface area contributed by atoms with E-state index in [0.29, 0.717) is 24.0 Å². The third-order valence-electron chi connectivity index (χ3n) is 5.18. The predicted molar refractivity (Wildman–Crippen MR) is 94.2 cm³/mol. The average Bonchev–Trinajstić information content (AvgIpc) is 2.50.